The van der Waals surface area contributed by atoms with Crippen LogP contribution in [0.2, 0.25) is 10.0 Å². The van der Waals surface area contributed by atoms with Crippen molar-refractivity contribution in [1.29, 1.82) is 0 Å². The quantitative estimate of drug-likeness (QED) is 0.749. The first-order valence-corrected chi connectivity index (χ1v) is 10.3. The van der Waals surface area contributed by atoms with E-state index in [0.717, 1.165) is 0 Å². The van der Waals surface area contributed by atoms with Crippen LogP contribution in [0.5, 0.6) is 0 Å². The highest BCUT2D eigenvalue weighted by atomic mass is 35.5. The molecule has 1 aromatic carbocycles. The van der Waals surface area contributed by atoms with Gasteiger partial charge in [0.2, 0.25) is 6.43 Å². The third kappa shape index (κ3) is 5.08. The fraction of sp³-hybridized carbons (Fsp3) is 0.500. The number of benzene rings is 1. The molecule has 2 aromatic rings. The molecule has 1 aliphatic rings. The van der Waals surface area contributed by atoms with E-state index in [9.17, 15) is 13.6 Å². The van der Waals surface area contributed by atoms with Crippen LogP contribution in [0.25, 0.3) is 5.69 Å². The minimum absolute atomic E-state index is 0.260. The maximum Gasteiger partial charge on any atom is 0.260 e. The van der Waals surface area contributed by atoms with Crippen molar-refractivity contribution in [3.63, 3.8) is 0 Å². The molecule has 1 saturated heterocycles. The Morgan fingerprint density at radius 1 is 1.24 bits per heavy atom. The van der Waals surface area contributed by atoms with Gasteiger partial charge < -0.3 is 10.6 Å². The number of aromatic nitrogens is 2. The number of anilines is 1. The van der Waals surface area contributed by atoms with E-state index in [1.165, 1.54) is 10.6 Å². The monoisotopic (exact) mass is 444 g/mol. The average Bonchev–Trinajstić information content (AvgIpc) is 2.61. The summed E-state index contributed by atoms with van der Waals surface area (Å²) in [7, 11) is 0. The van der Waals surface area contributed by atoms with Gasteiger partial charge in [0.15, 0.2) is 0 Å². The molecule has 0 radical (unpaired) electrons. The molecule has 0 aliphatic carbocycles. The van der Waals surface area contributed by atoms with Crippen LogP contribution in [0, 0.1) is 6.92 Å². The van der Waals surface area contributed by atoms with Crippen molar-refractivity contribution in [2.24, 2.45) is 5.73 Å². The number of halogens is 4. The number of nitrogens with two attached hydrogens (primary N) is 1. The van der Waals surface area contributed by atoms with Crippen molar-refractivity contribution in [2.45, 2.75) is 51.0 Å². The highest BCUT2D eigenvalue weighted by Crippen LogP contribution is 2.30. The summed E-state index contributed by atoms with van der Waals surface area (Å²) < 4.78 is 27.0. The Hall–Kier alpha value is -1.70. The standard InChI is InChI=1S/C20H24Cl2F2N4O/c1-13-26-17(11-18(29)28(13)15-6-2-5-14(21)19(15)22)27-9-3-7-20(25,8-4-10-27)12-16(23)24/h2,5-6,11,16H,3-4,7-10,12,25H2,1H3. The number of alkyl halides is 2. The number of hydrogen-bond acceptors (Lipinski definition) is 4. The van der Waals surface area contributed by atoms with Gasteiger partial charge in [0.25, 0.3) is 5.56 Å². The van der Waals surface area contributed by atoms with Crippen LogP contribution in [-0.2, 0) is 0 Å². The van der Waals surface area contributed by atoms with E-state index < -0.39 is 12.0 Å². The molecule has 2 N–H and O–H groups in total. The van der Waals surface area contributed by atoms with Gasteiger partial charge in [0.1, 0.15) is 11.6 Å². The van der Waals surface area contributed by atoms with Crippen molar-refractivity contribution in [3.05, 3.63) is 50.5 Å². The number of nitrogens with zero attached hydrogens (tertiary/aromatic N) is 3. The normalized spacial score (nSPS) is 17.3. The number of aryl methyl sites for hydroxylation is 1. The van der Waals surface area contributed by atoms with Crippen molar-refractivity contribution in [1.82, 2.24) is 9.55 Å². The van der Waals surface area contributed by atoms with Gasteiger partial charge in [0.05, 0.1) is 15.7 Å². The van der Waals surface area contributed by atoms with Gasteiger partial charge >= 0.3 is 0 Å². The Labute approximate surface area is 178 Å². The van der Waals surface area contributed by atoms with Gasteiger partial charge in [-0.3, -0.25) is 9.36 Å². The van der Waals surface area contributed by atoms with Crippen LogP contribution < -0.4 is 16.2 Å². The van der Waals surface area contributed by atoms with E-state index in [2.05, 4.69) is 4.98 Å². The molecule has 29 heavy (non-hydrogen) atoms. The van der Waals surface area contributed by atoms with Crippen LogP contribution in [0.4, 0.5) is 14.6 Å². The molecule has 1 aliphatic heterocycles. The molecule has 3 rings (SSSR count). The van der Waals surface area contributed by atoms with Crippen molar-refractivity contribution < 1.29 is 8.78 Å². The maximum absolute atomic E-state index is 12.8. The largest absolute Gasteiger partial charge is 0.356 e. The fourth-order valence-corrected chi connectivity index (χ4v) is 4.30. The van der Waals surface area contributed by atoms with E-state index in [0.29, 0.717) is 66.1 Å². The van der Waals surface area contributed by atoms with Crippen LogP contribution in [0.1, 0.15) is 37.9 Å². The minimum Gasteiger partial charge on any atom is -0.356 e. The lowest BCUT2D eigenvalue weighted by Crippen LogP contribution is -2.45. The Morgan fingerprint density at radius 2 is 1.90 bits per heavy atom. The first kappa shape index (κ1) is 22.0. The van der Waals surface area contributed by atoms with Crippen LogP contribution in [0.15, 0.2) is 29.1 Å². The summed E-state index contributed by atoms with van der Waals surface area (Å²) >= 11 is 12.3. The number of hydrogen-bond donors (Lipinski definition) is 1. The summed E-state index contributed by atoms with van der Waals surface area (Å²) in [4.78, 5) is 19.4. The summed E-state index contributed by atoms with van der Waals surface area (Å²) in [6, 6.07) is 6.56. The second-order valence-corrected chi connectivity index (χ2v) is 8.35. The zero-order chi connectivity index (χ0) is 21.2. The van der Waals surface area contributed by atoms with E-state index >= 15 is 0 Å². The summed E-state index contributed by atoms with van der Waals surface area (Å²) in [6.07, 6.45) is -0.323. The van der Waals surface area contributed by atoms with E-state index in [1.54, 1.807) is 25.1 Å². The molecular weight excluding hydrogens is 421 g/mol. The lowest BCUT2D eigenvalue weighted by Gasteiger charge is -2.35. The lowest BCUT2D eigenvalue weighted by atomic mass is 9.85. The first-order valence-electron chi connectivity index (χ1n) is 9.57. The molecule has 0 spiro atoms. The molecule has 5 nitrogen and oxygen atoms in total. The van der Waals surface area contributed by atoms with Crippen molar-refractivity contribution in [2.75, 3.05) is 18.0 Å². The van der Waals surface area contributed by atoms with Gasteiger partial charge in [-0.15, -0.1) is 0 Å². The van der Waals surface area contributed by atoms with Gasteiger partial charge in [-0.1, -0.05) is 29.3 Å². The van der Waals surface area contributed by atoms with E-state index in [-0.39, 0.29) is 12.0 Å². The predicted molar refractivity (Wildman–Crippen MR) is 113 cm³/mol. The van der Waals surface area contributed by atoms with Gasteiger partial charge in [-0.2, -0.15) is 0 Å². The molecule has 158 valence electrons. The smallest absolute Gasteiger partial charge is 0.260 e. The Balaban J connectivity index is 1.83. The molecule has 2 heterocycles. The Morgan fingerprint density at radius 3 is 2.48 bits per heavy atom. The molecular formula is C20H24Cl2F2N4O. The molecule has 0 saturated carbocycles. The summed E-state index contributed by atoms with van der Waals surface area (Å²) in [5.74, 6) is 1.06. The summed E-state index contributed by atoms with van der Waals surface area (Å²) in [5, 5.41) is 0.649. The third-order valence-corrected chi connectivity index (χ3v) is 6.14. The molecule has 0 amide bonds. The highest BCUT2D eigenvalue weighted by Gasteiger charge is 2.30. The molecule has 1 fully saturated rings. The van der Waals surface area contributed by atoms with Gasteiger partial charge in [0, 0.05) is 31.1 Å². The lowest BCUT2D eigenvalue weighted by molar-refractivity contribution is 0.0957. The average molecular weight is 445 g/mol. The SMILES string of the molecule is Cc1nc(N2CCCC(N)(CC(F)F)CCC2)cc(=O)n1-c1cccc(Cl)c1Cl. The number of rotatable bonds is 4. The van der Waals surface area contributed by atoms with Crippen molar-refractivity contribution >= 4 is 29.0 Å². The molecule has 0 bridgehead atoms. The first-order chi connectivity index (χ1) is 13.7. The topological polar surface area (TPSA) is 64.2 Å². The summed E-state index contributed by atoms with van der Waals surface area (Å²) in [6.45, 7) is 2.95. The zero-order valence-electron chi connectivity index (χ0n) is 16.2. The molecule has 1 aromatic heterocycles. The van der Waals surface area contributed by atoms with Crippen LogP contribution >= 0.6 is 23.2 Å². The van der Waals surface area contributed by atoms with Crippen LogP contribution in [0.3, 0.4) is 0 Å². The minimum atomic E-state index is -2.40. The summed E-state index contributed by atoms with van der Waals surface area (Å²) in [5.41, 5.74) is 5.58. The van der Waals surface area contributed by atoms with Gasteiger partial charge in [-0.25, -0.2) is 13.8 Å². The van der Waals surface area contributed by atoms with Crippen molar-refractivity contribution in [3.8, 4) is 5.69 Å². The Kier molecular flexibility index (Phi) is 6.81. The second kappa shape index (κ2) is 8.98. The third-order valence-electron chi connectivity index (χ3n) is 5.34. The fourth-order valence-electron chi connectivity index (χ4n) is 3.92. The van der Waals surface area contributed by atoms with E-state index in [1.807, 2.05) is 4.90 Å². The predicted octanol–water partition coefficient (Wildman–Crippen LogP) is 4.58. The second-order valence-electron chi connectivity index (χ2n) is 7.56. The van der Waals surface area contributed by atoms with E-state index in [4.69, 9.17) is 28.9 Å². The molecule has 0 atom stereocenters. The highest BCUT2D eigenvalue weighted by molar-refractivity contribution is 6.43. The maximum atomic E-state index is 12.8. The molecule has 0 unspecified atom stereocenters. The zero-order valence-corrected chi connectivity index (χ0v) is 17.7. The molecule has 9 heteroatoms. The Bertz CT molecular complexity index is 925. The van der Waals surface area contributed by atoms with Crippen LogP contribution in [-0.4, -0.2) is 34.6 Å². The van der Waals surface area contributed by atoms with Gasteiger partial charge in [-0.05, 0) is 44.7 Å².